The van der Waals surface area contributed by atoms with Crippen LogP contribution >= 0.6 is 11.6 Å². The van der Waals surface area contributed by atoms with Crippen LogP contribution in [0.1, 0.15) is 19.9 Å². The molecule has 0 bridgehead atoms. The van der Waals surface area contributed by atoms with Gasteiger partial charge in [-0.15, -0.1) is 0 Å². The summed E-state index contributed by atoms with van der Waals surface area (Å²) in [5.41, 5.74) is 0.200. The summed E-state index contributed by atoms with van der Waals surface area (Å²) in [5, 5.41) is 0.717. The molecule has 0 unspecified atom stereocenters. The number of carbonyl (C=O) groups is 1. The van der Waals surface area contributed by atoms with Crippen molar-refractivity contribution >= 4 is 34.2 Å². The number of hydrogen-bond donors (Lipinski definition) is 0. The molecule has 2 aromatic heterocycles. The van der Waals surface area contributed by atoms with Crippen LogP contribution in [0.5, 0.6) is 5.75 Å². The minimum atomic E-state index is -0.805. The second kappa shape index (κ2) is 10.3. The average Bonchev–Trinajstić information content (AvgIpc) is 3.45. The Kier molecular flexibility index (Phi) is 6.77. The molecule has 2 aliphatic rings. The predicted octanol–water partition coefficient (Wildman–Crippen LogP) is 4.44. The van der Waals surface area contributed by atoms with Crippen LogP contribution < -0.4 is 15.3 Å². The third-order valence-electron chi connectivity index (χ3n) is 7.78. The summed E-state index contributed by atoms with van der Waals surface area (Å²) in [7, 11) is 0. The number of carbonyl (C=O) groups excluding carboxylic acids is 1. The van der Waals surface area contributed by atoms with Gasteiger partial charge in [0.05, 0.1) is 22.9 Å². The third kappa shape index (κ3) is 4.54. The maximum absolute atomic E-state index is 15.1. The Hall–Kier alpha value is -4.25. The molecule has 2 aliphatic heterocycles. The van der Waals surface area contributed by atoms with Crippen LogP contribution in [0.3, 0.4) is 0 Å². The van der Waals surface area contributed by atoms with Crippen molar-refractivity contribution in [3.05, 3.63) is 82.8 Å². The average molecular weight is 581 g/mol. The minimum Gasteiger partial charge on any atom is -0.488 e. The Bertz CT molecular complexity index is 1740. The van der Waals surface area contributed by atoms with Gasteiger partial charge in [0.25, 0.3) is 0 Å². The lowest BCUT2D eigenvalue weighted by Gasteiger charge is -2.45. The fraction of sp³-hybridized carbons (Fsp3) is 0.310. The second-order valence-corrected chi connectivity index (χ2v) is 10.8. The van der Waals surface area contributed by atoms with Crippen molar-refractivity contribution in [2.45, 2.75) is 38.5 Å². The number of hydrogen-bond acceptors (Lipinski definition) is 6. The minimum absolute atomic E-state index is 0.0530. The molecule has 2 aromatic carbocycles. The van der Waals surface area contributed by atoms with Crippen molar-refractivity contribution in [1.82, 2.24) is 24.0 Å². The zero-order valence-corrected chi connectivity index (χ0v) is 23.2. The summed E-state index contributed by atoms with van der Waals surface area (Å²) in [4.78, 5) is 38.6. The summed E-state index contributed by atoms with van der Waals surface area (Å²) >= 11 is 6.81. The summed E-state index contributed by atoms with van der Waals surface area (Å²) in [6.07, 6.45) is 6.37. The van der Waals surface area contributed by atoms with E-state index < -0.39 is 23.4 Å². The van der Waals surface area contributed by atoms with E-state index in [4.69, 9.17) is 16.3 Å². The third-order valence-corrected chi connectivity index (χ3v) is 8.08. The Morgan fingerprint density at radius 2 is 2.02 bits per heavy atom. The van der Waals surface area contributed by atoms with E-state index in [0.717, 1.165) is 12.1 Å². The predicted molar refractivity (Wildman–Crippen MR) is 151 cm³/mol. The smallest absolute Gasteiger partial charge is 0.350 e. The van der Waals surface area contributed by atoms with Gasteiger partial charge in [-0.25, -0.2) is 18.6 Å². The van der Waals surface area contributed by atoms with Crippen LogP contribution in [0.4, 0.5) is 14.6 Å². The van der Waals surface area contributed by atoms with Gasteiger partial charge in [-0.2, -0.15) is 4.98 Å². The number of benzene rings is 2. The molecule has 4 heterocycles. The Balaban J connectivity index is 1.58. The number of amides is 1. The molecular formula is C29H27ClF2N6O3. The lowest BCUT2D eigenvalue weighted by molar-refractivity contribution is -0.128. The van der Waals surface area contributed by atoms with Crippen molar-refractivity contribution in [3.63, 3.8) is 0 Å². The van der Waals surface area contributed by atoms with Crippen LogP contribution in [0, 0.1) is 11.6 Å². The number of halogens is 3. The number of rotatable bonds is 5. The Labute approximate surface area is 239 Å². The molecule has 4 aromatic rings. The molecule has 9 nitrogen and oxygen atoms in total. The highest BCUT2D eigenvalue weighted by molar-refractivity contribution is 6.35. The number of ether oxygens (including phenoxy) is 1. The van der Waals surface area contributed by atoms with Gasteiger partial charge in [0.15, 0.2) is 5.75 Å². The second-order valence-electron chi connectivity index (χ2n) is 10.4. The van der Waals surface area contributed by atoms with E-state index >= 15 is 4.39 Å². The van der Waals surface area contributed by atoms with Crippen LogP contribution in [0.15, 0.2) is 60.4 Å². The molecule has 212 valence electrons. The monoisotopic (exact) mass is 580 g/mol. The van der Waals surface area contributed by atoms with E-state index in [0.29, 0.717) is 36.4 Å². The lowest BCUT2D eigenvalue weighted by Crippen LogP contribution is -2.58. The van der Waals surface area contributed by atoms with Gasteiger partial charge >= 0.3 is 5.69 Å². The first-order valence-electron chi connectivity index (χ1n) is 13.2. The van der Waals surface area contributed by atoms with Crippen LogP contribution in [0.25, 0.3) is 22.0 Å². The Morgan fingerprint density at radius 3 is 2.73 bits per heavy atom. The standard InChI is InChI=1S/C29H27ClF2N6O3/c1-4-24(39)36-11-17(3)37(12-16(36)2)28-21-10-22(30)25(20-6-5-18(31)9-23(20)32)27-26(21)38(29(40)34-28)19(14-41-27)13-35-8-7-33-15-35/h4-10,15-17,19H,1,11-14H2,2-3H3/t16-,17+,19-/m1/s1. The fourth-order valence-electron chi connectivity index (χ4n) is 5.84. The number of imidazole rings is 1. The van der Waals surface area contributed by atoms with Crippen molar-refractivity contribution < 1.29 is 18.3 Å². The van der Waals surface area contributed by atoms with Gasteiger partial charge in [-0.3, -0.25) is 9.36 Å². The SMILES string of the molecule is C=CC(=O)N1C[C@H](C)N(c2nc(=O)n3c4c(c(-c5ccc(F)cc5F)c(Cl)cc24)OC[C@H]3Cn2ccnc2)C[C@H]1C. The van der Waals surface area contributed by atoms with E-state index in [2.05, 4.69) is 16.5 Å². The van der Waals surface area contributed by atoms with Gasteiger partial charge < -0.3 is 19.1 Å². The maximum Gasteiger partial charge on any atom is 0.350 e. The van der Waals surface area contributed by atoms with Crippen molar-refractivity contribution in [3.8, 4) is 16.9 Å². The van der Waals surface area contributed by atoms with E-state index in [1.807, 2.05) is 23.3 Å². The number of piperazine rings is 1. The van der Waals surface area contributed by atoms with E-state index in [1.165, 1.54) is 12.1 Å². The maximum atomic E-state index is 15.1. The fourth-order valence-corrected chi connectivity index (χ4v) is 6.14. The number of anilines is 1. The molecule has 0 aliphatic carbocycles. The van der Waals surface area contributed by atoms with Gasteiger partial charge in [0, 0.05) is 66.7 Å². The summed E-state index contributed by atoms with van der Waals surface area (Å²) in [6, 6.07) is 4.07. The highest BCUT2D eigenvalue weighted by Gasteiger charge is 2.36. The summed E-state index contributed by atoms with van der Waals surface area (Å²) < 4.78 is 38.5. The van der Waals surface area contributed by atoms with Gasteiger partial charge in [-0.05, 0) is 38.1 Å². The van der Waals surface area contributed by atoms with E-state index in [9.17, 15) is 14.0 Å². The molecule has 12 heteroatoms. The van der Waals surface area contributed by atoms with Crippen molar-refractivity contribution in [2.24, 2.45) is 0 Å². The first kappa shape index (κ1) is 26.9. The molecule has 1 fully saturated rings. The van der Waals surface area contributed by atoms with Crippen molar-refractivity contribution in [1.29, 1.82) is 0 Å². The molecule has 0 spiro atoms. The zero-order valence-electron chi connectivity index (χ0n) is 22.4. The number of aromatic nitrogens is 4. The quantitative estimate of drug-likeness (QED) is 0.325. The normalized spacial score (nSPS) is 20.3. The lowest BCUT2D eigenvalue weighted by atomic mass is 9.99. The topological polar surface area (TPSA) is 85.5 Å². The molecule has 3 atom stereocenters. The molecule has 0 N–H and O–H groups in total. The molecular weight excluding hydrogens is 554 g/mol. The molecule has 41 heavy (non-hydrogen) atoms. The molecule has 1 saturated heterocycles. The van der Waals surface area contributed by atoms with Gasteiger partial charge in [0.2, 0.25) is 5.91 Å². The first-order chi connectivity index (χ1) is 19.7. The first-order valence-corrected chi connectivity index (χ1v) is 13.6. The largest absolute Gasteiger partial charge is 0.488 e. The zero-order chi connectivity index (χ0) is 29.0. The van der Waals surface area contributed by atoms with E-state index in [1.54, 1.807) is 34.3 Å². The van der Waals surface area contributed by atoms with E-state index in [-0.39, 0.29) is 46.5 Å². The van der Waals surface area contributed by atoms with Crippen molar-refractivity contribution in [2.75, 3.05) is 24.6 Å². The molecule has 0 saturated carbocycles. The van der Waals surface area contributed by atoms with Gasteiger partial charge in [-0.1, -0.05) is 18.2 Å². The number of nitrogens with zero attached hydrogens (tertiary/aromatic N) is 6. The summed E-state index contributed by atoms with van der Waals surface area (Å²) in [5.74, 6) is -1.08. The molecule has 1 amide bonds. The van der Waals surface area contributed by atoms with Gasteiger partial charge in [0.1, 0.15) is 24.1 Å². The highest BCUT2D eigenvalue weighted by Crippen LogP contribution is 2.47. The highest BCUT2D eigenvalue weighted by atomic mass is 35.5. The summed E-state index contributed by atoms with van der Waals surface area (Å²) in [6.45, 7) is 8.76. The molecule has 0 radical (unpaired) electrons. The van der Waals surface area contributed by atoms with Crippen LogP contribution in [-0.4, -0.2) is 61.7 Å². The van der Waals surface area contributed by atoms with Crippen LogP contribution in [-0.2, 0) is 11.3 Å². The Morgan fingerprint density at radius 1 is 1.22 bits per heavy atom. The van der Waals surface area contributed by atoms with Crippen LogP contribution in [0.2, 0.25) is 5.02 Å². The molecule has 6 rings (SSSR count).